The molecule has 1 aromatic carbocycles. The van der Waals surface area contributed by atoms with Gasteiger partial charge in [-0.25, -0.2) is 0 Å². The Labute approximate surface area is 138 Å². The molecular formula is C20H29N2O+. The number of aromatic nitrogens is 1. The minimum Gasteiger partial charge on any atom is -0.358 e. The number of fused-ring (bicyclic) bond motifs is 1. The van der Waals surface area contributed by atoms with Crippen molar-refractivity contribution in [1.29, 1.82) is 0 Å². The average molecular weight is 313 g/mol. The van der Waals surface area contributed by atoms with Gasteiger partial charge in [-0.05, 0) is 57.6 Å². The maximum atomic E-state index is 13.2. The van der Waals surface area contributed by atoms with E-state index in [9.17, 15) is 4.79 Å². The minimum atomic E-state index is 0.241. The van der Waals surface area contributed by atoms with Crippen molar-refractivity contribution in [1.82, 2.24) is 4.98 Å². The summed E-state index contributed by atoms with van der Waals surface area (Å²) in [6.45, 7) is 10.5. The summed E-state index contributed by atoms with van der Waals surface area (Å²) in [6, 6.07) is 4.86. The second-order valence-corrected chi connectivity index (χ2v) is 7.19. The summed E-state index contributed by atoms with van der Waals surface area (Å²) >= 11 is 0. The number of H-pyrrole nitrogens is 1. The van der Waals surface area contributed by atoms with Crippen LogP contribution < -0.4 is 10.3 Å². The second-order valence-electron chi connectivity index (χ2n) is 7.19. The molecule has 1 unspecified atom stereocenters. The predicted molar refractivity (Wildman–Crippen MR) is 96.2 cm³/mol. The topological polar surface area (TPSA) is 37.3 Å². The van der Waals surface area contributed by atoms with E-state index in [1.807, 2.05) is 6.92 Å². The van der Waals surface area contributed by atoms with Crippen LogP contribution in [-0.2, 0) is 6.54 Å². The van der Waals surface area contributed by atoms with Crippen LogP contribution in [0, 0.1) is 20.8 Å². The monoisotopic (exact) mass is 313 g/mol. The molecule has 0 radical (unpaired) electrons. The van der Waals surface area contributed by atoms with Crippen molar-refractivity contribution in [3.8, 4) is 0 Å². The van der Waals surface area contributed by atoms with Crippen LogP contribution >= 0.6 is 0 Å². The van der Waals surface area contributed by atoms with E-state index in [2.05, 4.69) is 37.9 Å². The van der Waals surface area contributed by atoms with E-state index in [1.165, 1.54) is 32.2 Å². The zero-order valence-corrected chi connectivity index (χ0v) is 14.9. The molecule has 0 saturated carbocycles. The van der Waals surface area contributed by atoms with Gasteiger partial charge in [0.05, 0.1) is 23.7 Å². The highest BCUT2D eigenvalue weighted by Crippen LogP contribution is 2.19. The maximum Gasteiger partial charge on any atom is 0.198 e. The summed E-state index contributed by atoms with van der Waals surface area (Å²) in [5.74, 6) is 0. The molecule has 0 amide bonds. The lowest BCUT2D eigenvalue weighted by Crippen LogP contribution is -3.15. The van der Waals surface area contributed by atoms with Crippen molar-refractivity contribution in [2.45, 2.75) is 66.0 Å². The van der Waals surface area contributed by atoms with Gasteiger partial charge >= 0.3 is 0 Å². The molecule has 3 nitrogen and oxygen atoms in total. The average Bonchev–Trinajstić information content (AvgIpc) is 2.55. The van der Waals surface area contributed by atoms with E-state index >= 15 is 0 Å². The smallest absolute Gasteiger partial charge is 0.198 e. The number of likely N-dealkylation sites (tertiary alicyclic amines) is 1. The van der Waals surface area contributed by atoms with Gasteiger partial charge in [-0.15, -0.1) is 0 Å². The lowest BCUT2D eigenvalue weighted by Gasteiger charge is -2.32. The van der Waals surface area contributed by atoms with Crippen LogP contribution in [0.1, 0.15) is 55.0 Å². The number of benzene rings is 1. The van der Waals surface area contributed by atoms with E-state index in [1.54, 1.807) is 4.90 Å². The van der Waals surface area contributed by atoms with Crippen molar-refractivity contribution >= 4 is 10.9 Å². The number of aryl methyl sites for hydroxylation is 3. The summed E-state index contributed by atoms with van der Waals surface area (Å²) in [7, 11) is 0. The maximum absolute atomic E-state index is 13.2. The third-order valence-electron chi connectivity index (χ3n) is 5.66. The Kier molecular flexibility index (Phi) is 4.58. The zero-order chi connectivity index (χ0) is 16.6. The molecule has 2 N–H and O–H groups in total. The fraction of sp³-hybridized carbons (Fsp3) is 0.550. The van der Waals surface area contributed by atoms with Crippen LogP contribution in [0.4, 0.5) is 0 Å². The summed E-state index contributed by atoms with van der Waals surface area (Å²) in [5.41, 5.74) is 5.51. The van der Waals surface area contributed by atoms with Gasteiger partial charge in [0.15, 0.2) is 5.43 Å². The van der Waals surface area contributed by atoms with Crippen molar-refractivity contribution in [3.63, 3.8) is 0 Å². The van der Waals surface area contributed by atoms with Crippen molar-refractivity contribution < 1.29 is 4.90 Å². The normalized spacial score (nSPS) is 21.7. The molecule has 23 heavy (non-hydrogen) atoms. The van der Waals surface area contributed by atoms with E-state index in [0.29, 0.717) is 6.04 Å². The molecule has 0 bridgehead atoms. The molecule has 2 heterocycles. The van der Waals surface area contributed by atoms with E-state index in [-0.39, 0.29) is 5.43 Å². The molecule has 3 heteroatoms. The standard InChI is InChI=1S/C20H28N2O/c1-5-16-8-6-7-11-22(16)12-17-15(4)21-19-14(3)10-9-13(2)18(19)20(17)23/h9-10,16H,5-8,11-12H2,1-4H3,(H,21,23)/p+1/t16-/m1/s1. The van der Waals surface area contributed by atoms with Gasteiger partial charge in [0.25, 0.3) is 0 Å². The van der Waals surface area contributed by atoms with Gasteiger partial charge < -0.3 is 9.88 Å². The number of piperidine rings is 1. The summed E-state index contributed by atoms with van der Waals surface area (Å²) in [4.78, 5) is 18.3. The summed E-state index contributed by atoms with van der Waals surface area (Å²) in [6.07, 6.45) is 5.13. The Morgan fingerprint density at radius 2 is 1.91 bits per heavy atom. The first kappa shape index (κ1) is 16.3. The quantitative estimate of drug-likeness (QED) is 0.898. The number of hydrogen-bond donors (Lipinski definition) is 2. The molecule has 124 valence electrons. The van der Waals surface area contributed by atoms with Gasteiger partial charge in [0, 0.05) is 11.1 Å². The van der Waals surface area contributed by atoms with Crippen LogP contribution in [0.15, 0.2) is 16.9 Å². The van der Waals surface area contributed by atoms with Gasteiger partial charge in [0.2, 0.25) is 0 Å². The predicted octanol–water partition coefficient (Wildman–Crippen LogP) is 2.80. The van der Waals surface area contributed by atoms with Gasteiger partial charge in [-0.1, -0.05) is 19.1 Å². The third-order valence-corrected chi connectivity index (χ3v) is 5.66. The summed E-state index contributed by atoms with van der Waals surface area (Å²) in [5, 5.41) is 0.884. The second kappa shape index (κ2) is 6.48. The number of quaternary nitrogens is 1. The van der Waals surface area contributed by atoms with Crippen LogP contribution in [0.25, 0.3) is 10.9 Å². The Balaban J connectivity index is 2.08. The highest BCUT2D eigenvalue weighted by atomic mass is 16.1. The molecule has 3 rings (SSSR count). The fourth-order valence-corrected chi connectivity index (χ4v) is 4.17. The third kappa shape index (κ3) is 2.94. The fourth-order valence-electron chi connectivity index (χ4n) is 4.17. The van der Waals surface area contributed by atoms with Crippen LogP contribution in [0.3, 0.4) is 0 Å². The molecule has 2 aromatic rings. The van der Waals surface area contributed by atoms with E-state index in [0.717, 1.165) is 39.8 Å². The lowest BCUT2D eigenvalue weighted by molar-refractivity contribution is -0.944. The molecule has 1 aliphatic rings. The Morgan fingerprint density at radius 3 is 2.65 bits per heavy atom. The Bertz CT molecular complexity index is 775. The highest BCUT2D eigenvalue weighted by Gasteiger charge is 2.26. The van der Waals surface area contributed by atoms with E-state index in [4.69, 9.17) is 0 Å². The van der Waals surface area contributed by atoms with Gasteiger partial charge in [-0.2, -0.15) is 0 Å². The number of hydrogen-bond acceptors (Lipinski definition) is 1. The van der Waals surface area contributed by atoms with Crippen LogP contribution in [0.5, 0.6) is 0 Å². The number of aromatic amines is 1. The van der Waals surface area contributed by atoms with Gasteiger partial charge in [-0.3, -0.25) is 4.79 Å². The highest BCUT2D eigenvalue weighted by molar-refractivity contribution is 5.85. The molecule has 0 spiro atoms. The minimum absolute atomic E-state index is 0.241. The largest absolute Gasteiger partial charge is 0.358 e. The van der Waals surface area contributed by atoms with Crippen LogP contribution in [0.2, 0.25) is 0 Å². The molecule has 0 aliphatic carbocycles. The summed E-state index contributed by atoms with van der Waals surface area (Å²) < 4.78 is 0. The Morgan fingerprint density at radius 1 is 1.17 bits per heavy atom. The molecule has 2 atom stereocenters. The lowest BCUT2D eigenvalue weighted by atomic mass is 9.97. The molecular weight excluding hydrogens is 284 g/mol. The van der Waals surface area contributed by atoms with Crippen molar-refractivity contribution in [3.05, 3.63) is 44.7 Å². The van der Waals surface area contributed by atoms with Gasteiger partial charge in [0.1, 0.15) is 6.54 Å². The Hall–Kier alpha value is -1.61. The molecule has 1 aromatic heterocycles. The molecule has 1 fully saturated rings. The SMILES string of the molecule is CC[C@@H]1CCCC[NH+]1Cc1c(C)[nH]c2c(C)ccc(C)c2c1=O. The number of nitrogens with one attached hydrogen (secondary N) is 2. The molecule has 1 aliphatic heterocycles. The first-order valence-corrected chi connectivity index (χ1v) is 8.99. The molecule has 1 saturated heterocycles. The first-order valence-electron chi connectivity index (χ1n) is 8.99. The van der Waals surface area contributed by atoms with Crippen molar-refractivity contribution in [2.75, 3.05) is 6.54 Å². The number of pyridine rings is 1. The van der Waals surface area contributed by atoms with E-state index < -0.39 is 0 Å². The first-order chi connectivity index (χ1) is 11.0. The van der Waals surface area contributed by atoms with Crippen molar-refractivity contribution in [2.24, 2.45) is 0 Å². The zero-order valence-electron chi connectivity index (χ0n) is 14.9. The van der Waals surface area contributed by atoms with Crippen LogP contribution in [-0.4, -0.2) is 17.6 Å². The number of rotatable bonds is 3.